The quantitative estimate of drug-likeness (QED) is 0.543. The summed E-state index contributed by atoms with van der Waals surface area (Å²) >= 11 is 0. The molecule has 7 nitrogen and oxygen atoms in total. The molecule has 0 heterocycles. The first-order valence-corrected chi connectivity index (χ1v) is 7.92. The van der Waals surface area contributed by atoms with Gasteiger partial charge in [0.25, 0.3) is 5.91 Å². The lowest BCUT2D eigenvalue weighted by Crippen LogP contribution is -2.27. The SMILES string of the molecule is CNC(=O)COCCOCCOCCNC(=O)c1cccc(C)c1. The molecule has 2 N–H and O–H groups in total. The van der Waals surface area contributed by atoms with Crippen LogP contribution in [-0.2, 0) is 19.0 Å². The summed E-state index contributed by atoms with van der Waals surface area (Å²) in [6.45, 7) is 4.51. The van der Waals surface area contributed by atoms with Crippen LogP contribution in [0.4, 0.5) is 0 Å². The minimum atomic E-state index is -0.161. The van der Waals surface area contributed by atoms with Crippen LogP contribution < -0.4 is 10.6 Å². The van der Waals surface area contributed by atoms with Crippen LogP contribution in [0.1, 0.15) is 15.9 Å². The molecule has 1 rings (SSSR count). The number of amides is 2. The fraction of sp³-hybridized carbons (Fsp3) is 0.529. The van der Waals surface area contributed by atoms with Crippen LogP contribution in [0.25, 0.3) is 0 Å². The normalized spacial score (nSPS) is 10.4. The number of hydrogen-bond acceptors (Lipinski definition) is 5. The van der Waals surface area contributed by atoms with Crippen LogP contribution in [0, 0.1) is 6.92 Å². The summed E-state index contributed by atoms with van der Waals surface area (Å²) < 4.78 is 15.7. The number of hydrogen-bond donors (Lipinski definition) is 2. The number of ether oxygens (including phenoxy) is 3. The molecule has 0 fully saturated rings. The van der Waals surface area contributed by atoms with Crippen molar-refractivity contribution >= 4 is 11.8 Å². The van der Waals surface area contributed by atoms with Crippen molar-refractivity contribution < 1.29 is 23.8 Å². The highest BCUT2D eigenvalue weighted by atomic mass is 16.5. The molecule has 0 aliphatic rings. The van der Waals surface area contributed by atoms with E-state index in [-0.39, 0.29) is 18.4 Å². The van der Waals surface area contributed by atoms with E-state index in [0.717, 1.165) is 5.56 Å². The van der Waals surface area contributed by atoms with Crippen molar-refractivity contribution in [1.82, 2.24) is 10.6 Å². The van der Waals surface area contributed by atoms with Gasteiger partial charge in [-0.1, -0.05) is 17.7 Å². The van der Waals surface area contributed by atoms with Crippen LogP contribution in [0.15, 0.2) is 24.3 Å². The second-order valence-corrected chi connectivity index (χ2v) is 5.08. The summed E-state index contributed by atoms with van der Waals surface area (Å²) in [4.78, 5) is 22.7. The third-order valence-electron chi connectivity index (χ3n) is 3.07. The summed E-state index contributed by atoms with van der Waals surface area (Å²) in [7, 11) is 1.56. The largest absolute Gasteiger partial charge is 0.377 e. The number of aryl methyl sites for hydroxylation is 1. The Hall–Kier alpha value is -1.96. The standard InChI is InChI=1S/C17H26N2O5/c1-14-4-3-5-15(12-14)17(21)19-6-7-22-8-9-23-10-11-24-13-16(20)18-2/h3-5,12H,6-11,13H2,1-2H3,(H,18,20)(H,19,21). The highest BCUT2D eigenvalue weighted by molar-refractivity contribution is 5.94. The Labute approximate surface area is 142 Å². The minimum absolute atomic E-state index is 0.0387. The summed E-state index contributed by atoms with van der Waals surface area (Å²) in [6, 6.07) is 7.43. The first-order chi connectivity index (χ1) is 11.6. The molecule has 7 heteroatoms. The zero-order chi connectivity index (χ0) is 17.6. The van der Waals surface area contributed by atoms with Crippen molar-refractivity contribution in [3.63, 3.8) is 0 Å². The molecule has 0 atom stereocenters. The van der Waals surface area contributed by atoms with E-state index in [9.17, 15) is 9.59 Å². The average molecular weight is 338 g/mol. The lowest BCUT2D eigenvalue weighted by Gasteiger charge is -2.08. The van der Waals surface area contributed by atoms with E-state index >= 15 is 0 Å². The van der Waals surface area contributed by atoms with Crippen molar-refractivity contribution in [2.75, 3.05) is 53.2 Å². The van der Waals surface area contributed by atoms with Crippen LogP contribution >= 0.6 is 0 Å². The molecular weight excluding hydrogens is 312 g/mol. The molecule has 0 aromatic heterocycles. The molecule has 0 radical (unpaired) electrons. The van der Waals surface area contributed by atoms with Crippen LogP contribution in [0.2, 0.25) is 0 Å². The van der Waals surface area contributed by atoms with E-state index in [1.165, 1.54) is 0 Å². The number of carbonyl (C=O) groups is 2. The van der Waals surface area contributed by atoms with Crippen molar-refractivity contribution in [1.29, 1.82) is 0 Å². The Morgan fingerprint density at radius 1 is 1.00 bits per heavy atom. The van der Waals surface area contributed by atoms with Gasteiger partial charge in [0, 0.05) is 19.2 Å². The molecule has 134 valence electrons. The van der Waals surface area contributed by atoms with Gasteiger partial charge in [0.1, 0.15) is 6.61 Å². The fourth-order valence-corrected chi connectivity index (χ4v) is 1.80. The smallest absolute Gasteiger partial charge is 0.251 e. The van der Waals surface area contributed by atoms with Crippen molar-refractivity contribution in [2.45, 2.75) is 6.92 Å². The number of benzene rings is 1. The number of nitrogens with one attached hydrogen (secondary N) is 2. The van der Waals surface area contributed by atoms with Crippen molar-refractivity contribution in [3.05, 3.63) is 35.4 Å². The molecular formula is C17H26N2O5. The summed E-state index contributed by atoms with van der Waals surface area (Å²) in [5.41, 5.74) is 1.70. The van der Waals surface area contributed by atoms with E-state index in [1.807, 2.05) is 25.1 Å². The first-order valence-electron chi connectivity index (χ1n) is 7.92. The van der Waals surface area contributed by atoms with E-state index in [0.29, 0.717) is 45.1 Å². The Morgan fingerprint density at radius 3 is 2.33 bits per heavy atom. The van der Waals surface area contributed by atoms with Crippen molar-refractivity contribution in [2.24, 2.45) is 0 Å². The van der Waals surface area contributed by atoms with Gasteiger partial charge in [0.2, 0.25) is 5.91 Å². The number of carbonyl (C=O) groups excluding carboxylic acids is 2. The van der Waals surface area contributed by atoms with Gasteiger partial charge < -0.3 is 24.8 Å². The zero-order valence-electron chi connectivity index (χ0n) is 14.3. The van der Waals surface area contributed by atoms with Gasteiger partial charge in [0.05, 0.1) is 33.0 Å². The Balaban J connectivity index is 1.92. The Kier molecular flexibility index (Phi) is 10.4. The summed E-state index contributed by atoms with van der Waals surface area (Å²) in [5.74, 6) is -0.266. The lowest BCUT2D eigenvalue weighted by atomic mass is 10.1. The zero-order valence-corrected chi connectivity index (χ0v) is 14.3. The van der Waals surface area contributed by atoms with Gasteiger partial charge >= 0.3 is 0 Å². The average Bonchev–Trinajstić information content (AvgIpc) is 2.59. The topological polar surface area (TPSA) is 85.9 Å². The van der Waals surface area contributed by atoms with Gasteiger partial charge in [-0.15, -0.1) is 0 Å². The molecule has 0 saturated heterocycles. The third-order valence-corrected chi connectivity index (χ3v) is 3.07. The predicted octanol–water partition coefficient (Wildman–Crippen LogP) is 0.521. The van der Waals surface area contributed by atoms with Gasteiger partial charge in [-0.05, 0) is 19.1 Å². The second-order valence-electron chi connectivity index (χ2n) is 5.08. The molecule has 0 spiro atoms. The van der Waals surface area contributed by atoms with E-state index in [2.05, 4.69) is 10.6 Å². The number of likely N-dealkylation sites (N-methyl/N-ethyl adjacent to an activating group) is 1. The first kappa shape index (κ1) is 20.1. The maximum absolute atomic E-state index is 11.9. The molecule has 0 aliphatic heterocycles. The van der Waals surface area contributed by atoms with Crippen LogP contribution in [0.3, 0.4) is 0 Å². The summed E-state index contributed by atoms with van der Waals surface area (Å²) in [6.07, 6.45) is 0. The second kappa shape index (κ2) is 12.5. The Bertz CT molecular complexity index is 508. The maximum Gasteiger partial charge on any atom is 0.251 e. The highest BCUT2D eigenvalue weighted by Gasteiger charge is 2.04. The third kappa shape index (κ3) is 9.24. The van der Waals surface area contributed by atoms with Gasteiger partial charge in [-0.2, -0.15) is 0 Å². The minimum Gasteiger partial charge on any atom is -0.377 e. The van der Waals surface area contributed by atoms with Crippen LogP contribution in [-0.4, -0.2) is 65.0 Å². The van der Waals surface area contributed by atoms with Gasteiger partial charge in [0.15, 0.2) is 0 Å². The van der Waals surface area contributed by atoms with Crippen LogP contribution in [0.5, 0.6) is 0 Å². The molecule has 24 heavy (non-hydrogen) atoms. The number of rotatable bonds is 12. The van der Waals surface area contributed by atoms with E-state index in [1.54, 1.807) is 13.1 Å². The fourth-order valence-electron chi connectivity index (χ4n) is 1.80. The van der Waals surface area contributed by atoms with E-state index < -0.39 is 0 Å². The lowest BCUT2D eigenvalue weighted by molar-refractivity contribution is -0.125. The molecule has 0 bridgehead atoms. The highest BCUT2D eigenvalue weighted by Crippen LogP contribution is 2.03. The van der Waals surface area contributed by atoms with E-state index in [4.69, 9.17) is 14.2 Å². The molecule has 1 aromatic carbocycles. The molecule has 0 saturated carbocycles. The maximum atomic E-state index is 11.9. The predicted molar refractivity (Wildman–Crippen MR) is 90.0 cm³/mol. The molecule has 0 unspecified atom stereocenters. The summed E-state index contributed by atoms with van der Waals surface area (Å²) in [5, 5.41) is 5.26. The Morgan fingerprint density at radius 2 is 1.67 bits per heavy atom. The van der Waals surface area contributed by atoms with Gasteiger partial charge in [-0.25, -0.2) is 0 Å². The van der Waals surface area contributed by atoms with Crippen molar-refractivity contribution in [3.8, 4) is 0 Å². The molecule has 2 amide bonds. The monoisotopic (exact) mass is 338 g/mol. The van der Waals surface area contributed by atoms with Gasteiger partial charge in [-0.3, -0.25) is 9.59 Å². The molecule has 0 aliphatic carbocycles. The molecule has 1 aromatic rings.